The summed E-state index contributed by atoms with van der Waals surface area (Å²) in [6.07, 6.45) is 0. The van der Waals surface area contributed by atoms with Crippen LogP contribution in [0.3, 0.4) is 0 Å². The standard InChI is InChI=1S/C11H16ClNO2S/c1-3-15-11(14)8(2)6-13-7-9-4-5-10(12)16-9/h4-5,8,13H,3,6-7H2,1-2H3. The molecule has 0 spiro atoms. The van der Waals surface area contributed by atoms with Crippen molar-refractivity contribution in [3.63, 3.8) is 0 Å². The summed E-state index contributed by atoms with van der Waals surface area (Å²) in [5.41, 5.74) is 0. The van der Waals surface area contributed by atoms with Crippen LogP contribution in [0.4, 0.5) is 0 Å². The number of hydrogen-bond donors (Lipinski definition) is 1. The third kappa shape index (κ3) is 4.51. The lowest BCUT2D eigenvalue weighted by Crippen LogP contribution is -2.27. The number of carbonyl (C=O) groups excluding carboxylic acids is 1. The second-order valence-electron chi connectivity index (χ2n) is 3.49. The Labute approximate surface area is 105 Å². The van der Waals surface area contributed by atoms with Crippen molar-refractivity contribution in [2.24, 2.45) is 5.92 Å². The van der Waals surface area contributed by atoms with Crippen molar-refractivity contribution >= 4 is 28.9 Å². The number of nitrogens with one attached hydrogen (secondary N) is 1. The molecule has 3 nitrogen and oxygen atoms in total. The predicted octanol–water partition coefficient (Wildman–Crippen LogP) is 2.69. The smallest absolute Gasteiger partial charge is 0.309 e. The maximum atomic E-state index is 11.3. The van der Waals surface area contributed by atoms with E-state index in [0.717, 1.165) is 10.9 Å². The van der Waals surface area contributed by atoms with Gasteiger partial charge >= 0.3 is 5.97 Å². The predicted molar refractivity (Wildman–Crippen MR) is 66.8 cm³/mol. The molecule has 0 fully saturated rings. The minimum absolute atomic E-state index is 0.115. The van der Waals surface area contributed by atoms with Gasteiger partial charge < -0.3 is 10.1 Å². The van der Waals surface area contributed by atoms with Gasteiger partial charge in [0.2, 0.25) is 0 Å². The zero-order valence-electron chi connectivity index (χ0n) is 9.46. The van der Waals surface area contributed by atoms with Crippen LogP contribution in [-0.4, -0.2) is 19.1 Å². The molecule has 1 rings (SSSR count). The molecule has 90 valence electrons. The molecule has 0 amide bonds. The van der Waals surface area contributed by atoms with E-state index in [1.807, 2.05) is 26.0 Å². The molecule has 1 heterocycles. The fraction of sp³-hybridized carbons (Fsp3) is 0.545. The number of carbonyl (C=O) groups is 1. The normalized spacial score (nSPS) is 12.4. The highest BCUT2D eigenvalue weighted by molar-refractivity contribution is 7.16. The van der Waals surface area contributed by atoms with Crippen molar-refractivity contribution in [2.45, 2.75) is 20.4 Å². The monoisotopic (exact) mass is 261 g/mol. The van der Waals surface area contributed by atoms with Gasteiger partial charge in [-0.15, -0.1) is 11.3 Å². The third-order valence-corrected chi connectivity index (χ3v) is 3.30. The molecular weight excluding hydrogens is 246 g/mol. The number of halogens is 1. The molecule has 1 aromatic heterocycles. The molecule has 1 atom stereocenters. The Morgan fingerprint density at radius 3 is 2.94 bits per heavy atom. The lowest BCUT2D eigenvalue weighted by Gasteiger charge is -2.10. The largest absolute Gasteiger partial charge is 0.466 e. The molecule has 0 radical (unpaired) electrons. The average Bonchev–Trinajstić information content (AvgIpc) is 2.64. The molecule has 1 aromatic rings. The van der Waals surface area contributed by atoms with E-state index >= 15 is 0 Å². The maximum absolute atomic E-state index is 11.3. The first-order chi connectivity index (χ1) is 7.63. The minimum Gasteiger partial charge on any atom is -0.466 e. The van der Waals surface area contributed by atoms with Crippen molar-refractivity contribution in [3.05, 3.63) is 21.3 Å². The Hall–Kier alpha value is -0.580. The molecule has 0 aliphatic rings. The first kappa shape index (κ1) is 13.5. The van der Waals surface area contributed by atoms with Crippen molar-refractivity contribution in [1.29, 1.82) is 0 Å². The van der Waals surface area contributed by atoms with E-state index in [-0.39, 0.29) is 11.9 Å². The van der Waals surface area contributed by atoms with Crippen LogP contribution in [0.25, 0.3) is 0 Å². The lowest BCUT2D eigenvalue weighted by molar-refractivity contribution is -0.147. The molecule has 0 bridgehead atoms. The van der Waals surface area contributed by atoms with Crippen LogP contribution in [0.15, 0.2) is 12.1 Å². The van der Waals surface area contributed by atoms with Gasteiger partial charge in [-0.3, -0.25) is 4.79 Å². The lowest BCUT2D eigenvalue weighted by atomic mass is 10.2. The second-order valence-corrected chi connectivity index (χ2v) is 5.29. The Balaban J connectivity index is 2.22. The summed E-state index contributed by atoms with van der Waals surface area (Å²) in [5, 5.41) is 3.21. The van der Waals surface area contributed by atoms with E-state index in [1.54, 1.807) is 11.3 Å². The highest BCUT2D eigenvalue weighted by Gasteiger charge is 2.12. The summed E-state index contributed by atoms with van der Waals surface area (Å²) in [4.78, 5) is 12.5. The first-order valence-electron chi connectivity index (χ1n) is 5.25. The minimum atomic E-state index is -0.154. The van der Waals surface area contributed by atoms with E-state index < -0.39 is 0 Å². The molecule has 0 aromatic carbocycles. The van der Waals surface area contributed by atoms with Crippen LogP contribution in [0.1, 0.15) is 18.7 Å². The topological polar surface area (TPSA) is 38.3 Å². The number of rotatable bonds is 6. The summed E-state index contributed by atoms with van der Waals surface area (Å²) < 4.78 is 5.70. The van der Waals surface area contributed by atoms with Crippen LogP contribution >= 0.6 is 22.9 Å². The maximum Gasteiger partial charge on any atom is 0.309 e. The van der Waals surface area contributed by atoms with Crippen molar-refractivity contribution in [3.8, 4) is 0 Å². The van der Waals surface area contributed by atoms with Gasteiger partial charge in [-0.25, -0.2) is 0 Å². The van der Waals surface area contributed by atoms with Crippen LogP contribution in [-0.2, 0) is 16.1 Å². The van der Waals surface area contributed by atoms with Gasteiger partial charge in [0.15, 0.2) is 0 Å². The molecular formula is C11H16ClNO2S. The van der Waals surface area contributed by atoms with E-state index in [2.05, 4.69) is 5.32 Å². The summed E-state index contributed by atoms with van der Waals surface area (Å²) in [6.45, 7) is 5.46. The van der Waals surface area contributed by atoms with E-state index in [1.165, 1.54) is 4.88 Å². The first-order valence-corrected chi connectivity index (χ1v) is 6.44. The summed E-state index contributed by atoms with van der Waals surface area (Å²) in [5.74, 6) is -0.269. The van der Waals surface area contributed by atoms with Crippen LogP contribution in [0, 0.1) is 5.92 Å². The van der Waals surface area contributed by atoms with E-state index in [9.17, 15) is 4.79 Å². The fourth-order valence-corrected chi connectivity index (χ4v) is 2.28. The second kappa shape index (κ2) is 6.89. The molecule has 16 heavy (non-hydrogen) atoms. The summed E-state index contributed by atoms with van der Waals surface area (Å²) in [6, 6.07) is 3.85. The van der Waals surface area contributed by atoms with Gasteiger partial charge in [-0.05, 0) is 19.1 Å². The van der Waals surface area contributed by atoms with Crippen LogP contribution < -0.4 is 5.32 Å². The number of thiophene rings is 1. The number of esters is 1. The Kier molecular flexibility index (Phi) is 5.80. The number of ether oxygens (including phenoxy) is 1. The van der Waals surface area contributed by atoms with Gasteiger partial charge in [0, 0.05) is 18.0 Å². The molecule has 0 saturated heterocycles. The van der Waals surface area contributed by atoms with Gasteiger partial charge in [0.25, 0.3) is 0 Å². The molecule has 1 N–H and O–H groups in total. The Morgan fingerprint density at radius 1 is 1.62 bits per heavy atom. The van der Waals surface area contributed by atoms with E-state index in [0.29, 0.717) is 13.2 Å². The van der Waals surface area contributed by atoms with Crippen molar-refractivity contribution in [1.82, 2.24) is 5.32 Å². The fourth-order valence-electron chi connectivity index (χ4n) is 1.23. The molecule has 5 heteroatoms. The highest BCUT2D eigenvalue weighted by Crippen LogP contribution is 2.20. The third-order valence-electron chi connectivity index (χ3n) is 2.07. The molecule has 0 aliphatic heterocycles. The van der Waals surface area contributed by atoms with Gasteiger partial charge in [-0.2, -0.15) is 0 Å². The summed E-state index contributed by atoms with van der Waals surface area (Å²) in [7, 11) is 0. The van der Waals surface area contributed by atoms with Crippen molar-refractivity contribution in [2.75, 3.05) is 13.2 Å². The Bertz CT molecular complexity index is 340. The van der Waals surface area contributed by atoms with Gasteiger partial charge in [0.05, 0.1) is 16.9 Å². The zero-order chi connectivity index (χ0) is 12.0. The van der Waals surface area contributed by atoms with Crippen LogP contribution in [0.5, 0.6) is 0 Å². The molecule has 0 saturated carbocycles. The average molecular weight is 262 g/mol. The summed E-state index contributed by atoms with van der Waals surface area (Å²) >= 11 is 7.36. The zero-order valence-corrected chi connectivity index (χ0v) is 11.0. The Morgan fingerprint density at radius 2 is 2.38 bits per heavy atom. The molecule has 0 aliphatic carbocycles. The SMILES string of the molecule is CCOC(=O)C(C)CNCc1ccc(Cl)s1. The van der Waals surface area contributed by atoms with E-state index in [4.69, 9.17) is 16.3 Å². The van der Waals surface area contributed by atoms with Crippen molar-refractivity contribution < 1.29 is 9.53 Å². The van der Waals surface area contributed by atoms with Gasteiger partial charge in [-0.1, -0.05) is 18.5 Å². The quantitative estimate of drug-likeness (QED) is 0.801. The molecule has 1 unspecified atom stereocenters. The highest BCUT2D eigenvalue weighted by atomic mass is 35.5. The van der Waals surface area contributed by atoms with Crippen LogP contribution in [0.2, 0.25) is 4.34 Å². The number of hydrogen-bond acceptors (Lipinski definition) is 4. The van der Waals surface area contributed by atoms with Gasteiger partial charge in [0.1, 0.15) is 0 Å².